The normalized spacial score (nSPS) is 10.4. The van der Waals surface area contributed by atoms with Crippen molar-refractivity contribution in [2.24, 2.45) is 0 Å². The van der Waals surface area contributed by atoms with Crippen LogP contribution in [0.4, 0.5) is 5.69 Å². The Morgan fingerprint density at radius 1 is 0.958 bits per heavy atom. The van der Waals surface area contributed by atoms with E-state index in [1.54, 1.807) is 18.2 Å². The van der Waals surface area contributed by atoms with E-state index in [0.717, 1.165) is 6.54 Å². The summed E-state index contributed by atoms with van der Waals surface area (Å²) in [6.07, 6.45) is 3.85. The van der Waals surface area contributed by atoms with Crippen molar-refractivity contribution in [2.45, 2.75) is 6.54 Å². The molecule has 1 heterocycles. The molecule has 2 aromatic carbocycles. The van der Waals surface area contributed by atoms with Crippen LogP contribution in [-0.2, 0) is 6.54 Å². The molecule has 0 bridgehead atoms. The van der Waals surface area contributed by atoms with E-state index < -0.39 is 0 Å². The van der Waals surface area contributed by atoms with Crippen LogP contribution in [0.25, 0.3) is 0 Å². The molecule has 1 amide bonds. The van der Waals surface area contributed by atoms with Crippen LogP contribution >= 0.6 is 23.2 Å². The van der Waals surface area contributed by atoms with Gasteiger partial charge >= 0.3 is 0 Å². The lowest BCUT2D eigenvalue weighted by atomic mass is 10.2. The molecule has 3 rings (SSSR count). The second kappa shape index (κ2) is 7.47. The number of nitrogens with zero attached hydrogens (tertiary/aromatic N) is 1. The van der Waals surface area contributed by atoms with Crippen molar-refractivity contribution in [3.8, 4) is 0 Å². The molecule has 3 aromatic rings. The van der Waals surface area contributed by atoms with Crippen molar-refractivity contribution in [3.63, 3.8) is 0 Å². The lowest BCUT2D eigenvalue weighted by molar-refractivity contribution is -0.688. The summed E-state index contributed by atoms with van der Waals surface area (Å²) in [7, 11) is 0. The summed E-state index contributed by atoms with van der Waals surface area (Å²) < 4.78 is 2.04. The molecule has 0 fully saturated rings. The maximum atomic E-state index is 12.3. The van der Waals surface area contributed by atoms with Gasteiger partial charge in [0.05, 0.1) is 16.3 Å². The van der Waals surface area contributed by atoms with Gasteiger partial charge in [-0.05, 0) is 18.2 Å². The van der Waals surface area contributed by atoms with Gasteiger partial charge in [-0.25, -0.2) is 4.57 Å². The molecule has 1 N–H and O–H groups in total. The number of carbonyl (C=O) groups is 1. The maximum absolute atomic E-state index is 12.3. The first kappa shape index (κ1) is 16.5. The first-order valence-electron chi connectivity index (χ1n) is 7.41. The molecule has 0 atom stereocenters. The molecule has 0 aliphatic heterocycles. The van der Waals surface area contributed by atoms with Crippen LogP contribution in [-0.4, -0.2) is 5.91 Å². The molecule has 0 saturated carbocycles. The van der Waals surface area contributed by atoms with Crippen LogP contribution in [0.3, 0.4) is 0 Å². The number of hydrogen-bond donors (Lipinski definition) is 1. The summed E-state index contributed by atoms with van der Waals surface area (Å²) in [5, 5.41) is 3.66. The zero-order valence-electron chi connectivity index (χ0n) is 12.7. The molecular formula is C19H15Cl2N2O+. The summed E-state index contributed by atoms with van der Waals surface area (Å²) in [4.78, 5) is 12.3. The number of aromatic nitrogens is 1. The first-order chi connectivity index (χ1) is 11.6. The smallest absolute Gasteiger partial charge is 0.257 e. The highest BCUT2D eigenvalue weighted by Gasteiger charge is 2.12. The minimum absolute atomic E-state index is 0.266. The average molecular weight is 358 g/mol. The highest BCUT2D eigenvalue weighted by molar-refractivity contribution is 6.37. The summed E-state index contributed by atoms with van der Waals surface area (Å²) in [5.41, 5.74) is 2.31. The van der Waals surface area contributed by atoms with Gasteiger partial charge in [0.1, 0.15) is 0 Å². The van der Waals surface area contributed by atoms with E-state index in [4.69, 9.17) is 23.2 Å². The van der Waals surface area contributed by atoms with Gasteiger partial charge in [0.25, 0.3) is 5.91 Å². The number of amides is 1. The summed E-state index contributed by atoms with van der Waals surface area (Å²) in [5.74, 6) is -0.266. The summed E-state index contributed by atoms with van der Waals surface area (Å²) in [6.45, 7) is 0.776. The highest BCUT2D eigenvalue weighted by atomic mass is 35.5. The molecule has 0 aliphatic carbocycles. The Balaban J connectivity index is 1.68. The number of rotatable bonds is 4. The Morgan fingerprint density at radius 2 is 1.67 bits per heavy atom. The van der Waals surface area contributed by atoms with Crippen LogP contribution in [0.5, 0.6) is 0 Å². The van der Waals surface area contributed by atoms with Gasteiger partial charge in [-0.15, -0.1) is 0 Å². The molecule has 0 saturated heterocycles. The molecule has 0 aliphatic rings. The molecular weight excluding hydrogens is 343 g/mol. The van der Waals surface area contributed by atoms with Crippen molar-refractivity contribution in [1.29, 1.82) is 0 Å². The van der Waals surface area contributed by atoms with E-state index >= 15 is 0 Å². The van der Waals surface area contributed by atoms with Gasteiger partial charge in [-0.3, -0.25) is 4.79 Å². The first-order valence-corrected chi connectivity index (χ1v) is 8.17. The van der Waals surface area contributed by atoms with Gasteiger partial charge in [0.15, 0.2) is 18.9 Å². The number of hydrogen-bond acceptors (Lipinski definition) is 1. The van der Waals surface area contributed by atoms with E-state index in [0.29, 0.717) is 21.3 Å². The van der Waals surface area contributed by atoms with E-state index in [1.807, 2.05) is 47.3 Å². The van der Waals surface area contributed by atoms with Crippen LogP contribution < -0.4 is 9.88 Å². The Kier molecular flexibility index (Phi) is 5.14. The van der Waals surface area contributed by atoms with E-state index in [2.05, 4.69) is 17.4 Å². The van der Waals surface area contributed by atoms with E-state index in [9.17, 15) is 4.79 Å². The number of benzene rings is 2. The predicted molar refractivity (Wildman–Crippen MR) is 96.6 cm³/mol. The SMILES string of the molecule is O=C(Nc1cc[n+](Cc2ccccc2)cc1)c1ccc(Cl)cc1Cl. The Hall–Kier alpha value is -2.36. The average Bonchev–Trinajstić information content (AvgIpc) is 2.57. The van der Waals surface area contributed by atoms with Gasteiger partial charge < -0.3 is 5.32 Å². The Morgan fingerprint density at radius 3 is 2.33 bits per heavy atom. The third-order valence-corrected chi connectivity index (χ3v) is 4.08. The lowest BCUT2D eigenvalue weighted by Gasteiger charge is -2.06. The molecule has 5 heteroatoms. The molecule has 24 heavy (non-hydrogen) atoms. The molecule has 0 spiro atoms. The van der Waals surface area contributed by atoms with Gasteiger partial charge in [-0.2, -0.15) is 0 Å². The zero-order chi connectivity index (χ0) is 16.9. The highest BCUT2D eigenvalue weighted by Crippen LogP contribution is 2.21. The Bertz CT molecular complexity index is 849. The fraction of sp³-hybridized carbons (Fsp3) is 0.0526. The van der Waals surface area contributed by atoms with Crippen molar-refractivity contribution in [1.82, 2.24) is 0 Å². The monoisotopic (exact) mass is 357 g/mol. The summed E-state index contributed by atoms with van der Waals surface area (Å²) >= 11 is 11.9. The molecule has 1 aromatic heterocycles. The molecule has 3 nitrogen and oxygen atoms in total. The van der Waals surface area contributed by atoms with Crippen molar-refractivity contribution < 1.29 is 9.36 Å². The Labute approximate surface area is 150 Å². The minimum Gasteiger partial charge on any atom is -0.321 e. The van der Waals surface area contributed by atoms with Crippen molar-refractivity contribution >= 4 is 34.8 Å². The summed E-state index contributed by atoms with van der Waals surface area (Å²) in [6, 6.07) is 18.7. The van der Waals surface area contributed by atoms with E-state index in [-0.39, 0.29) is 5.91 Å². The topological polar surface area (TPSA) is 33.0 Å². The number of nitrogens with one attached hydrogen (secondary N) is 1. The molecule has 0 unspecified atom stereocenters. The van der Waals surface area contributed by atoms with Gasteiger partial charge in [-0.1, -0.05) is 53.5 Å². The maximum Gasteiger partial charge on any atom is 0.257 e. The number of halogens is 2. The van der Waals surface area contributed by atoms with Crippen molar-refractivity contribution in [3.05, 3.63) is 94.2 Å². The second-order valence-electron chi connectivity index (χ2n) is 5.32. The standard InChI is InChI=1S/C19H14Cl2N2O/c20-15-6-7-17(18(21)12-15)19(24)22-16-8-10-23(11-9-16)13-14-4-2-1-3-5-14/h1-12H,13H2/p+1. The predicted octanol–water partition coefficient (Wildman–Crippen LogP) is 4.58. The molecule has 0 radical (unpaired) electrons. The minimum atomic E-state index is -0.266. The molecule has 120 valence electrons. The van der Waals surface area contributed by atoms with Crippen LogP contribution in [0.2, 0.25) is 10.0 Å². The van der Waals surface area contributed by atoms with Crippen LogP contribution in [0, 0.1) is 0 Å². The zero-order valence-corrected chi connectivity index (χ0v) is 14.3. The van der Waals surface area contributed by atoms with Crippen LogP contribution in [0.1, 0.15) is 15.9 Å². The lowest BCUT2D eigenvalue weighted by Crippen LogP contribution is -2.33. The van der Waals surface area contributed by atoms with Gasteiger partial charge in [0, 0.05) is 22.7 Å². The van der Waals surface area contributed by atoms with Gasteiger partial charge in [0.2, 0.25) is 0 Å². The largest absolute Gasteiger partial charge is 0.321 e. The quantitative estimate of drug-likeness (QED) is 0.681. The number of carbonyl (C=O) groups excluding carboxylic acids is 1. The fourth-order valence-corrected chi connectivity index (χ4v) is 2.81. The third-order valence-electron chi connectivity index (χ3n) is 3.53. The fourth-order valence-electron chi connectivity index (χ4n) is 2.31. The third kappa shape index (κ3) is 4.13. The van der Waals surface area contributed by atoms with Crippen molar-refractivity contribution in [2.75, 3.05) is 5.32 Å². The van der Waals surface area contributed by atoms with Crippen LogP contribution in [0.15, 0.2) is 73.1 Å². The second-order valence-corrected chi connectivity index (χ2v) is 6.17. The number of anilines is 1. The van der Waals surface area contributed by atoms with E-state index in [1.165, 1.54) is 5.56 Å². The number of pyridine rings is 1.